The third kappa shape index (κ3) is 7.84. The Labute approximate surface area is 226 Å². The molecule has 1 aromatic heterocycles. The zero-order chi connectivity index (χ0) is 27.8. The summed E-state index contributed by atoms with van der Waals surface area (Å²) >= 11 is 0. The van der Waals surface area contributed by atoms with Crippen LogP contribution in [0.25, 0.3) is 0 Å². The maximum absolute atomic E-state index is 13.0. The lowest BCUT2D eigenvalue weighted by Crippen LogP contribution is -2.41. The Morgan fingerprint density at radius 3 is 2.51 bits per heavy atom. The van der Waals surface area contributed by atoms with Crippen LogP contribution in [0.1, 0.15) is 31.3 Å². The molecule has 2 heterocycles. The topological polar surface area (TPSA) is 131 Å². The molecule has 0 spiro atoms. The van der Waals surface area contributed by atoms with E-state index in [0.29, 0.717) is 29.5 Å². The first kappa shape index (κ1) is 27.2. The summed E-state index contributed by atoms with van der Waals surface area (Å²) in [5, 5.41) is 8.24. The number of amides is 4. The van der Waals surface area contributed by atoms with Crippen LogP contribution in [-0.4, -0.2) is 54.9 Å². The summed E-state index contributed by atoms with van der Waals surface area (Å²) in [5.74, 6) is 0.721. The summed E-state index contributed by atoms with van der Waals surface area (Å²) in [4.78, 5) is 43.5. The van der Waals surface area contributed by atoms with Crippen molar-refractivity contribution in [2.24, 2.45) is 0 Å². The van der Waals surface area contributed by atoms with Crippen LogP contribution in [-0.2, 0) is 4.74 Å². The van der Waals surface area contributed by atoms with Crippen LogP contribution in [0.3, 0.4) is 0 Å². The zero-order valence-corrected chi connectivity index (χ0v) is 22.0. The van der Waals surface area contributed by atoms with Crippen molar-refractivity contribution in [3.8, 4) is 11.5 Å². The van der Waals surface area contributed by atoms with E-state index in [-0.39, 0.29) is 37.2 Å². The number of hydrogen-bond acceptors (Lipinski definition) is 7. The fourth-order valence-electron chi connectivity index (χ4n) is 3.63. The number of urea groups is 1. The maximum Gasteiger partial charge on any atom is 0.407 e. The van der Waals surface area contributed by atoms with E-state index in [9.17, 15) is 14.4 Å². The number of hydrogen-bond donors (Lipinski definition) is 3. The summed E-state index contributed by atoms with van der Waals surface area (Å²) in [7, 11) is 0. The van der Waals surface area contributed by atoms with Crippen molar-refractivity contribution in [2.45, 2.75) is 26.4 Å². The van der Waals surface area contributed by atoms with Crippen molar-refractivity contribution in [2.75, 3.05) is 41.8 Å². The van der Waals surface area contributed by atoms with Gasteiger partial charge in [-0.05, 0) is 57.2 Å². The number of alkyl carbamates (subject to hydrolysis) is 1. The summed E-state index contributed by atoms with van der Waals surface area (Å²) in [6.07, 6.45) is -0.522. The average molecular weight is 534 g/mol. The van der Waals surface area contributed by atoms with E-state index in [1.54, 1.807) is 63.2 Å². The molecule has 3 N–H and O–H groups in total. The highest BCUT2D eigenvalue weighted by Crippen LogP contribution is 2.30. The molecule has 204 valence electrons. The second kappa shape index (κ2) is 12.2. The first-order chi connectivity index (χ1) is 18.7. The monoisotopic (exact) mass is 533 g/mol. The Bertz CT molecular complexity index is 1330. The Morgan fingerprint density at radius 2 is 1.74 bits per heavy atom. The van der Waals surface area contributed by atoms with Gasteiger partial charge in [0, 0.05) is 17.4 Å². The fourth-order valence-corrected chi connectivity index (χ4v) is 3.63. The van der Waals surface area contributed by atoms with Gasteiger partial charge in [0.1, 0.15) is 30.3 Å². The molecule has 0 aliphatic carbocycles. The third-order valence-corrected chi connectivity index (χ3v) is 5.30. The van der Waals surface area contributed by atoms with Gasteiger partial charge < -0.3 is 30.2 Å². The summed E-state index contributed by atoms with van der Waals surface area (Å²) in [6, 6.07) is 18.7. The lowest BCUT2D eigenvalue weighted by molar-refractivity contribution is 0.0520. The van der Waals surface area contributed by atoms with Gasteiger partial charge in [-0.2, -0.15) is 0 Å². The number of rotatable bonds is 7. The average Bonchev–Trinajstić information content (AvgIpc) is 2.90. The number of ether oxygens (including phenoxy) is 3. The number of carbonyl (C=O) groups excluding carboxylic acids is 3. The van der Waals surface area contributed by atoms with E-state index in [2.05, 4.69) is 20.9 Å². The third-order valence-electron chi connectivity index (χ3n) is 5.30. The molecule has 0 radical (unpaired) electrons. The molecular formula is C28H31N5O6. The number of nitrogens with zero attached hydrogens (tertiary/aromatic N) is 2. The molecule has 1 aliphatic heterocycles. The van der Waals surface area contributed by atoms with Crippen molar-refractivity contribution >= 4 is 35.2 Å². The Morgan fingerprint density at radius 1 is 0.974 bits per heavy atom. The molecule has 39 heavy (non-hydrogen) atoms. The Balaban J connectivity index is 1.36. The Hall–Kier alpha value is -4.80. The molecule has 3 aromatic rings. The predicted octanol–water partition coefficient (Wildman–Crippen LogP) is 4.67. The minimum absolute atomic E-state index is 0.115. The summed E-state index contributed by atoms with van der Waals surface area (Å²) in [6.45, 7) is 6.42. The Kier molecular flexibility index (Phi) is 8.50. The van der Waals surface area contributed by atoms with Crippen LogP contribution < -0.4 is 30.3 Å². The number of aromatic nitrogens is 1. The number of nitrogens with one attached hydrogen (secondary N) is 3. The quantitative estimate of drug-likeness (QED) is 0.376. The van der Waals surface area contributed by atoms with Crippen molar-refractivity contribution in [1.82, 2.24) is 10.3 Å². The van der Waals surface area contributed by atoms with Crippen LogP contribution in [0.4, 0.5) is 26.8 Å². The molecule has 4 rings (SSSR count). The number of benzene rings is 2. The largest absolute Gasteiger partial charge is 0.492 e. The number of para-hydroxylation sites is 1. The van der Waals surface area contributed by atoms with E-state index < -0.39 is 17.6 Å². The van der Waals surface area contributed by atoms with Gasteiger partial charge >= 0.3 is 12.1 Å². The van der Waals surface area contributed by atoms with Gasteiger partial charge in [-0.1, -0.05) is 24.3 Å². The molecule has 0 saturated carbocycles. The second-order valence-electron chi connectivity index (χ2n) is 9.57. The molecular weight excluding hydrogens is 502 g/mol. The van der Waals surface area contributed by atoms with Gasteiger partial charge in [-0.3, -0.25) is 9.69 Å². The smallest absolute Gasteiger partial charge is 0.407 e. The number of pyridine rings is 1. The molecule has 11 nitrogen and oxygen atoms in total. The van der Waals surface area contributed by atoms with Gasteiger partial charge in [0.2, 0.25) is 0 Å². The molecule has 0 atom stereocenters. The highest BCUT2D eigenvalue weighted by molar-refractivity contribution is 6.05. The first-order valence-electron chi connectivity index (χ1n) is 12.5. The normalized spacial score (nSPS) is 12.4. The van der Waals surface area contributed by atoms with E-state index in [0.717, 1.165) is 0 Å². The molecule has 0 saturated heterocycles. The molecule has 11 heteroatoms. The minimum Gasteiger partial charge on any atom is -0.492 e. The SMILES string of the molecule is CC(C)(C)OC(=O)NCCOc1cccc(NC(=O)c2ccc3c(n2)N(C(=O)Nc2ccccc2)CCO3)c1. The van der Waals surface area contributed by atoms with Crippen molar-refractivity contribution < 1.29 is 28.6 Å². The number of carbonyl (C=O) groups is 3. The van der Waals surface area contributed by atoms with Crippen LogP contribution in [0, 0.1) is 0 Å². The van der Waals surface area contributed by atoms with Crippen molar-refractivity contribution in [1.29, 1.82) is 0 Å². The van der Waals surface area contributed by atoms with Gasteiger partial charge in [0.05, 0.1) is 13.1 Å². The first-order valence-corrected chi connectivity index (χ1v) is 12.5. The molecule has 4 amide bonds. The molecule has 0 bridgehead atoms. The molecule has 1 aliphatic rings. The van der Waals surface area contributed by atoms with Crippen LogP contribution in [0.5, 0.6) is 11.5 Å². The molecule has 0 fully saturated rings. The fraction of sp³-hybridized carbons (Fsp3) is 0.286. The second-order valence-corrected chi connectivity index (χ2v) is 9.57. The van der Waals surface area contributed by atoms with Gasteiger partial charge in [0.15, 0.2) is 11.6 Å². The van der Waals surface area contributed by atoms with Gasteiger partial charge in [0.25, 0.3) is 5.91 Å². The molecule has 0 unspecified atom stereocenters. The number of anilines is 3. The highest BCUT2D eigenvalue weighted by atomic mass is 16.6. The van der Waals surface area contributed by atoms with Crippen LogP contribution in [0.2, 0.25) is 0 Å². The van der Waals surface area contributed by atoms with E-state index in [1.807, 2.05) is 18.2 Å². The van der Waals surface area contributed by atoms with Gasteiger partial charge in [-0.25, -0.2) is 14.6 Å². The van der Waals surface area contributed by atoms with E-state index >= 15 is 0 Å². The van der Waals surface area contributed by atoms with Gasteiger partial charge in [-0.15, -0.1) is 0 Å². The van der Waals surface area contributed by atoms with Crippen LogP contribution in [0.15, 0.2) is 66.7 Å². The standard InChI is InChI=1S/C28H31N5O6/c1-28(2,3)39-27(36)29-14-16-37-21-11-7-10-20(18-21)30-25(34)22-12-13-23-24(32-22)33(15-17-38-23)26(35)31-19-8-5-4-6-9-19/h4-13,18H,14-17H2,1-3H3,(H,29,36)(H,30,34)(H,31,35). The lowest BCUT2D eigenvalue weighted by Gasteiger charge is -2.28. The lowest BCUT2D eigenvalue weighted by atomic mass is 10.2. The van der Waals surface area contributed by atoms with E-state index in [1.165, 1.54) is 11.0 Å². The van der Waals surface area contributed by atoms with E-state index in [4.69, 9.17) is 14.2 Å². The zero-order valence-electron chi connectivity index (χ0n) is 22.0. The van der Waals surface area contributed by atoms with Crippen molar-refractivity contribution in [3.05, 3.63) is 72.4 Å². The van der Waals surface area contributed by atoms with Crippen LogP contribution >= 0.6 is 0 Å². The summed E-state index contributed by atoms with van der Waals surface area (Å²) < 4.78 is 16.5. The predicted molar refractivity (Wildman–Crippen MR) is 147 cm³/mol. The minimum atomic E-state index is -0.579. The van der Waals surface area contributed by atoms with Crippen molar-refractivity contribution in [3.63, 3.8) is 0 Å². The number of fused-ring (bicyclic) bond motifs is 1. The summed E-state index contributed by atoms with van der Waals surface area (Å²) in [5.41, 5.74) is 0.674. The highest BCUT2D eigenvalue weighted by Gasteiger charge is 2.27. The molecule has 2 aromatic carbocycles. The maximum atomic E-state index is 13.0.